The van der Waals surface area contributed by atoms with Gasteiger partial charge in [-0.05, 0) is 124 Å². The zero-order chi connectivity index (χ0) is 49.1. The number of hydrogen-bond acceptors (Lipinski definition) is 7. The molecule has 2 unspecified atom stereocenters. The van der Waals surface area contributed by atoms with E-state index in [0.29, 0.717) is 73.2 Å². The van der Waals surface area contributed by atoms with Crippen LogP contribution in [0.2, 0.25) is 10.0 Å². The van der Waals surface area contributed by atoms with Crippen LogP contribution in [0.5, 0.6) is 11.5 Å². The molecule has 0 radical (unpaired) electrons. The number of nitrogens with one attached hydrogen (secondary N) is 1. The van der Waals surface area contributed by atoms with E-state index in [9.17, 15) is 27.2 Å². The van der Waals surface area contributed by atoms with Crippen LogP contribution in [0.25, 0.3) is 0 Å². The second-order valence-corrected chi connectivity index (χ2v) is 17.6. The summed E-state index contributed by atoms with van der Waals surface area (Å²) < 4.78 is 66.0. The number of amides is 1. The molecule has 0 saturated carbocycles. The van der Waals surface area contributed by atoms with E-state index >= 15 is 0 Å². The topological polar surface area (TPSA) is 117 Å². The standard InChI is InChI=1S/C27H27ClF2N2O2.C14H18FNO3.C13H11ClFN/c28-21-11-9-19(10-12-21)26(22-5-1-2-6-23(22)29)31-27(33)20-13-15-32(16-14-20)17-18-34-25-8-4-3-7-24(25)30;15-12-3-1-2-4-13(12)19-10-9-16-7-5-11(6-8-16)14(17)18;14-10-7-5-9(6-8-10)13(16)11-3-1-2-4-12(11)15/h1-12,20,26H,13-18H2,(H,31,33);1-4,11H,5-10H2,(H,17,18);1-8,13H,16H2. The van der Waals surface area contributed by atoms with Gasteiger partial charge in [-0.3, -0.25) is 19.4 Å². The lowest BCUT2D eigenvalue weighted by Gasteiger charge is -2.32. The fourth-order valence-electron chi connectivity index (χ4n) is 8.06. The molecule has 9 nitrogen and oxygen atoms in total. The Balaban J connectivity index is 0.000000188. The fourth-order valence-corrected chi connectivity index (χ4v) is 8.31. The van der Waals surface area contributed by atoms with Gasteiger partial charge in [-0.15, -0.1) is 0 Å². The molecule has 0 bridgehead atoms. The maximum absolute atomic E-state index is 14.6. The summed E-state index contributed by atoms with van der Waals surface area (Å²) in [6.07, 6.45) is 2.73. The second-order valence-electron chi connectivity index (χ2n) is 16.7. The molecule has 6 aromatic rings. The molecule has 2 fully saturated rings. The molecule has 0 aliphatic carbocycles. The van der Waals surface area contributed by atoms with Crippen molar-refractivity contribution >= 4 is 35.1 Å². The number of ether oxygens (including phenoxy) is 2. The predicted molar refractivity (Wildman–Crippen MR) is 261 cm³/mol. The minimum atomic E-state index is -0.706. The highest BCUT2D eigenvalue weighted by atomic mass is 35.5. The van der Waals surface area contributed by atoms with Crippen LogP contribution in [0.4, 0.5) is 17.6 Å². The number of likely N-dealkylation sites (tertiary alicyclic amines) is 2. The van der Waals surface area contributed by atoms with Crippen molar-refractivity contribution < 1.29 is 41.7 Å². The van der Waals surface area contributed by atoms with E-state index in [1.807, 2.05) is 0 Å². The molecule has 2 atom stereocenters. The van der Waals surface area contributed by atoms with Gasteiger partial charge in [0.1, 0.15) is 24.8 Å². The van der Waals surface area contributed by atoms with E-state index in [2.05, 4.69) is 15.1 Å². The zero-order valence-electron chi connectivity index (χ0n) is 38.0. The number of carboxylic acid groups (broad SMARTS) is 1. The smallest absolute Gasteiger partial charge is 0.306 e. The Morgan fingerprint density at radius 2 is 0.957 bits per heavy atom. The molecule has 8 rings (SSSR count). The number of nitrogens with two attached hydrogens (primary N) is 1. The maximum Gasteiger partial charge on any atom is 0.306 e. The van der Waals surface area contributed by atoms with Crippen LogP contribution in [0, 0.1) is 35.1 Å². The first-order valence-electron chi connectivity index (χ1n) is 22.8. The molecule has 4 N–H and O–H groups in total. The van der Waals surface area contributed by atoms with Crippen LogP contribution in [0.1, 0.15) is 60.0 Å². The van der Waals surface area contributed by atoms with Crippen LogP contribution < -0.4 is 20.5 Å². The lowest BCUT2D eigenvalue weighted by atomic mass is 9.93. The van der Waals surface area contributed by atoms with Crippen molar-refractivity contribution in [1.82, 2.24) is 15.1 Å². The van der Waals surface area contributed by atoms with Gasteiger partial charge in [0.15, 0.2) is 23.1 Å². The van der Waals surface area contributed by atoms with Gasteiger partial charge in [0.25, 0.3) is 0 Å². The largest absolute Gasteiger partial charge is 0.489 e. The van der Waals surface area contributed by atoms with Crippen molar-refractivity contribution in [1.29, 1.82) is 0 Å². The van der Waals surface area contributed by atoms with Crippen molar-refractivity contribution in [2.24, 2.45) is 17.6 Å². The number of carbonyl (C=O) groups is 2. The quantitative estimate of drug-likeness (QED) is 0.0871. The number of rotatable bonds is 15. The molecule has 69 heavy (non-hydrogen) atoms. The summed E-state index contributed by atoms with van der Waals surface area (Å²) in [7, 11) is 0. The van der Waals surface area contributed by atoms with E-state index in [1.54, 1.807) is 121 Å². The van der Waals surface area contributed by atoms with Crippen molar-refractivity contribution in [2.45, 2.75) is 37.8 Å². The Hall–Kier alpha value is -5.96. The summed E-state index contributed by atoms with van der Waals surface area (Å²) in [5.74, 6) is -2.05. The number of nitrogens with zero attached hydrogens (tertiary/aromatic N) is 2. The molecule has 364 valence electrons. The number of hydrogen-bond donors (Lipinski definition) is 3. The molecule has 0 aromatic heterocycles. The van der Waals surface area contributed by atoms with Gasteiger partial charge in [0, 0.05) is 40.2 Å². The summed E-state index contributed by atoms with van der Waals surface area (Å²) in [4.78, 5) is 28.3. The highest BCUT2D eigenvalue weighted by Gasteiger charge is 2.29. The first-order valence-corrected chi connectivity index (χ1v) is 23.6. The minimum Gasteiger partial charge on any atom is -0.489 e. The third-order valence-electron chi connectivity index (χ3n) is 12.1. The Labute approximate surface area is 410 Å². The second kappa shape index (κ2) is 26.7. The van der Waals surface area contributed by atoms with E-state index in [1.165, 1.54) is 24.3 Å². The van der Waals surface area contributed by atoms with Crippen molar-refractivity contribution in [2.75, 3.05) is 52.5 Å². The normalized spacial score (nSPS) is 15.3. The molecule has 2 aliphatic heterocycles. The van der Waals surface area contributed by atoms with Crippen molar-refractivity contribution in [3.05, 3.63) is 201 Å². The van der Waals surface area contributed by atoms with Crippen LogP contribution >= 0.6 is 23.2 Å². The van der Waals surface area contributed by atoms with Crippen LogP contribution in [0.3, 0.4) is 0 Å². The third kappa shape index (κ3) is 16.1. The van der Waals surface area contributed by atoms with Gasteiger partial charge >= 0.3 is 5.97 Å². The van der Waals surface area contributed by atoms with E-state index in [4.69, 9.17) is 43.5 Å². The zero-order valence-corrected chi connectivity index (χ0v) is 39.5. The van der Waals surface area contributed by atoms with Gasteiger partial charge < -0.3 is 25.6 Å². The van der Waals surface area contributed by atoms with Crippen molar-refractivity contribution in [3.63, 3.8) is 0 Å². The fraction of sp³-hybridized carbons (Fsp3) is 0.296. The van der Waals surface area contributed by atoms with Gasteiger partial charge in [-0.1, -0.05) is 108 Å². The van der Waals surface area contributed by atoms with Crippen LogP contribution in [-0.2, 0) is 9.59 Å². The molecule has 15 heteroatoms. The Bertz CT molecular complexity index is 2540. The number of aliphatic carboxylic acids is 1. The first kappa shape index (κ1) is 52.4. The number of piperidine rings is 2. The van der Waals surface area contributed by atoms with Gasteiger partial charge in [0.2, 0.25) is 5.91 Å². The molecule has 6 aromatic carbocycles. The molecule has 2 saturated heterocycles. The lowest BCUT2D eigenvalue weighted by Crippen LogP contribution is -2.43. The molecule has 0 spiro atoms. The van der Waals surface area contributed by atoms with Gasteiger partial charge in [-0.25, -0.2) is 17.6 Å². The van der Waals surface area contributed by atoms with Gasteiger partial charge in [-0.2, -0.15) is 0 Å². The van der Waals surface area contributed by atoms with E-state index < -0.39 is 18.1 Å². The monoisotopic (exact) mass is 986 g/mol. The Morgan fingerprint density at radius 1 is 0.565 bits per heavy atom. The summed E-state index contributed by atoms with van der Waals surface area (Å²) in [6, 6.07) is 38.8. The van der Waals surface area contributed by atoms with Gasteiger partial charge in [0.05, 0.1) is 18.0 Å². The Kier molecular flexibility index (Phi) is 20.3. The number of carboxylic acids is 1. The average Bonchev–Trinajstić information content (AvgIpc) is 3.36. The number of halogens is 6. The van der Waals surface area contributed by atoms with E-state index in [-0.39, 0.29) is 52.5 Å². The first-order chi connectivity index (χ1) is 33.4. The van der Waals surface area contributed by atoms with Crippen LogP contribution in [-0.4, -0.2) is 79.3 Å². The molecule has 2 aliphatic rings. The highest BCUT2D eigenvalue weighted by Crippen LogP contribution is 2.28. The molecular formula is C54H56Cl2F4N4O5. The SMILES string of the molecule is NC(c1ccc(Cl)cc1)c1ccccc1F.O=C(NC(c1ccc(Cl)cc1)c1ccccc1F)C1CCN(CCOc2ccccc2F)CC1.O=C(O)C1CCN(CCOc2ccccc2F)CC1. The third-order valence-corrected chi connectivity index (χ3v) is 12.6. The predicted octanol–water partition coefficient (Wildman–Crippen LogP) is 11.1. The molecule has 1 amide bonds. The molecule has 2 heterocycles. The van der Waals surface area contributed by atoms with Crippen LogP contribution in [0.15, 0.2) is 146 Å². The highest BCUT2D eigenvalue weighted by molar-refractivity contribution is 6.30. The minimum absolute atomic E-state index is 0.0922. The average molecular weight is 988 g/mol. The molecular weight excluding hydrogens is 932 g/mol. The Morgan fingerprint density at radius 3 is 1.39 bits per heavy atom. The summed E-state index contributed by atoms with van der Waals surface area (Å²) >= 11 is 11.8. The summed E-state index contributed by atoms with van der Waals surface area (Å²) in [5, 5.41) is 13.2. The number of carbonyl (C=O) groups excluding carboxylic acids is 1. The lowest BCUT2D eigenvalue weighted by molar-refractivity contribution is -0.143. The van der Waals surface area contributed by atoms with Crippen molar-refractivity contribution in [3.8, 4) is 11.5 Å². The number of para-hydroxylation sites is 2. The summed E-state index contributed by atoms with van der Waals surface area (Å²) in [6.45, 7) is 5.15. The van der Waals surface area contributed by atoms with E-state index in [0.717, 1.165) is 37.3 Å². The maximum atomic E-state index is 14.6. The number of benzene rings is 6. The summed E-state index contributed by atoms with van der Waals surface area (Å²) in [5.41, 5.74) is 8.50.